The Hall–Kier alpha value is -2.28. The van der Waals surface area contributed by atoms with Gasteiger partial charge < -0.3 is 10.3 Å². The molecule has 0 saturated carbocycles. The summed E-state index contributed by atoms with van der Waals surface area (Å²) in [6.45, 7) is 0.619. The highest BCUT2D eigenvalue weighted by Gasteiger charge is 2.01. The van der Waals surface area contributed by atoms with Crippen molar-refractivity contribution in [2.45, 2.75) is 6.54 Å². The molecular formula is C11H10N4. The van der Waals surface area contributed by atoms with Gasteiger partial charge in [0.05, 0.1) is 18.0 Å². The highest BCUT2D eigenvalue weighted by atomic mass is 15.1. The van der Waals surface area contributed by atoms with Crippen LogP contribution in [0.25, 0.3) is 0 Å². The minimum atomic E-state index is 0.490. The second-order valence-corrected chi connectivity index (χ2v) is 3.24. The van der Waals surface area contributed by atoms with Gasteiger partial charge in [-0.25, -0.2) is 4.98 Å². The van der Waals surface area contributed by atoms with Gasteiger partial charge in [-0.05, 0) is 11.6 Å². The van der Waals surface area contributed by atoms with Gasteiger partial charge in [0.25, 0.3) is 0 Å². The fraction of sp³-hybridized carbons (Fsp3) is 0.0909. The third-order valence-corrected chi connectivity index (χ3v) is 2.14. The van der Waals surface area contributed by atoms with Crippen LogP contribution in [-0.2, 0) is 6.54 Å². The maximum atomic E-state index is 8.90. The first kappa shape index (κ1) is 9.28. The van der Waals surface area contributed by atoms with Crippen molar-refractivity contribution < 1.29 is 0 Å². The number of nitrogen functional groups attached to an aromatic ring is 1. The summed E-state index contributed by atoms with van der Waals surface area (Å²) in [5, 5.41) is 8.90. The van der Waals surface area contributed by atoms with E-state index in [1.807, 2.05) is 22.8 Å². The Kier molecular flexibility index (Phi) is 2.38. The lowest BCUT2D eigenvalue weighted by Crippen LogP contribution is -1.98. The minimum Gasteiger partial charge on any atom is -0.382 e. The standard InChI is InChI=1S/C11H10N4/c12-5-9-3-1-2-4-10(9)6-15-7-11(13)14-8-15/h1-4,7-8H,6,13H2. The van der Waals surface area contributed by atoms with Crippen molar-refractivity contribution >= 4 is 5.82 Å². The number of nitriles is 1. The zero-order chi connectivity index (χ0) is 10.7. The molecule has 0 unspecified atom stereocenters. The van der Waals surface area contributed by atoms with Crippen LogP contribution >= 0.6 is 0 Å². The van der Waals surface area contributed by atoms with Crippen molar-refractivity contribution in [3.63, 3.8) is 0 Å². The molecule has 0 aliphatic carbocycles. The molecular weight excluding hydrogens is 188 g/mol. The molecule has 0 saturated heterocycles. The number of nitrogens with two attached hydrogens (primary N) is 1. The fourth-order valence-electron chi connectivity index (χ4n) is 1.43. The Labute approximate surface area is 87.6 Å². The monoisotopic (exact) mass is 198 g/mol. The fourth-order valence-corrected chi connectivity index (χ4v) is 1.43. The van der Waals surface area contributed by atoms with Crippen molar-refractivity contribution in [3.05, 3.63) is 47.9 Å². The molecule has 2 N–H and O–H groups in total. The van der Waals surface area contributed by atoms with Crippen molar-refractivity contribution in [2.24, 2.45) is 0 Å². The van der Waals surface area contributed by atoms with Crippen molar-refractivity contribution in [3.8, 4) is 6.07 Å². The number of imidazole rings is 1. The van der Waals surface area contributed by atoms with Gasteiger partial charge in [-0.15, -0.1) is 0 Å². The molecule has 2 rings (SSSR count). The summed E-state index contributed by atoms with van der Waals surface area (Å²) in [5.41, 5.74) is 7.16. The molecule has 4 nitrogen and oxygen atoms in total. The van der Waals surface area contributed by atoms with E-state index < -0.39 is 0 Å². The lowest BCUT2D eigenvalue weighted by atomic mass is 10.1. The summed E-state index contributed by atoms with van der Waals surface area (Å²) in [4.78, 5) is 3.93. The highest BCUT2D eigenvalue weighted by Crippen LogP contribution is 2.10. The normalized spacial score (nSPS) is 9.80. The van der Waals surface area contributed by atoms with Crippen LogP contribution in [0.4, 0.5) is 5.82 Å². The topological polar surface area (TPSA) is 67.6 Å². The molecule has 0 amide bonds. The second kappa shape index (κ2) is 3.84. The van der Waals surface area contributed by atoms with Gasteiger partial charge in [0.15, 0.2) is 0 Å². The van der Waals surface area contributed by atoms with Crippen LogP contribution in [0.1, 0.15) is 11.1 Å². The maximum absolute atomic E-state index is 8.90. The number of hydrogen-bond donors (Lipinski definition) is 1. The van der Waals surface area contributed by atoms with Gasteiger partial charge in [-0.1, -0.05) is 18.2 Å². The zero-order valence-electron chi connectivity index (χ0n) is 8.09. The minimum absolute atomic E-state index is 0.490. The number of rotatable bonds is 2. The van der Waals surface area contributed by atoms with E-state index in [0.717, 1.165) is 5.56 Å². The van der Waals surface area contributed by atoms with Crippen molar-refractivity contribution in [2.75, 3.05) is 5.73 Å². The summed E-state index contributed by atoms with van der Waals surface area (Å²) in [7, 11) is 0. The second-order valence-electron chi connectivity index (χ2n) is 3.24. The lowest BCUT2D eigenvalue weighted by Gasteiger charge is -2.03. The molecule has 1 aromatic carbocycles. The van der Waals surface area contributed by atoms with Gasteiger partial charge in [0, 0.05) is 12.7 Å². The zero-order valence-corrected chi connectivity index (χ0v) is 8.09. The predicted octanol–water partition coefficient (Wildman–Crippen LogP) is 1.39. The summed E-state index contributed by atoms with van der Waals surface area (Å²) in [6.07, 6.45) is 3.40. The quantitative estimate of drug-likeness (QED) is 0.792. The number of aromatic nitrogens is 2. The Morgan fingerprint density at radius 1 is 1.40 bits per heavy atom. The van der Waals surface area contributed by atoms with Crippen LogP contribution in [0.5, 0.6) is 0 Å². The molecule has 15 heavy (non-hydrogen) atoms. The van der Waals surface area contributed by atoms with E-state index in [9.17, 15) is 0 Å². The highest BCUT2D eigenvalue weighted by molar-refractivity contribution is 5.37. The summed E-state index contributed by atoms with van der Waals surface area (Å²) in [5.74, 6) is 0.490. The van der Waals surface area contributed by atoms with E-state index in [-0.39, 0.29) is 0 Å². The largest absolute Gasteiger partial charge is 0.382 e. The smallest absolute Gasteiger partial charge is 0.141 e. The number of nitrogens with zero attached hydrogens (tertiary/aromatic N) is 3. The molecule has 2 aromatic rings. The number of anilines is 1. The van der Waals surface area contributed by atoms with Gasteiger partial charge in [-0.3, -0.25) is 0 Å². The molecule has 0 bridgehead atoms. The third kappa shape index (κ3) is 1.97. The van der Waals surface area contributed by atoms with E-state index in [4.69, 9.17) is 11.0 Å². The van der Waals surface area contributed by atoms with E-state index in [1.54, 1.807) is 18.6 Å². The van der Waals surface area contributed by atoms with E-state index in [2.05, 4.69) is 11.1 Å². The van der Waals surface area contributed by atoms with Gasteiger partial charge in [-0.2, -0.15) is 5.26 Å². The van der Waals surface area contributed by atoms with Gasteiger partial charge in [0.1, 0.15) is 5.82 Å². The van der Waals surface area contributed by atoms with Gasteiger partial charge in [0.2, 0.25) is 0 Å². The number of hydrogen-bond acceptors (Lipinski definition) is 3. The summed E-state index contributed by atoms with van der Waals surface area (Å²) in [6, 6.07) is 9.65. The molecule has 0 radical (unpaired) electrons. The Morgan fingerprint density at radius 3 is 2.87 bits per heavy atom. The van der Waals surface area contributed by atoms with Crippen LogP contribution < -0.4 is 5.73 Å². The Morgan fingerprint density at radius 2 is 2.20 bits per heavy atom. The molecule has 0 aliphatic heterocycles. The first-order valence-electron chi connectivity index (χ1n) is 4.55. The van der Waals surface area contributed by atoms with Crippen molar-refractivity contribution in [1.82, 2.24) is 9.55 Å². The molecule has 74 valence electrons. The average molecular weight is 198 g/mol. The Balaban J connectivity index is 2.28. The molecule has 0 aliphatic rings. The average Bonchev–Trinajstić information content (AvgIpc) is 2.65. The molecule has 1 heterocycles. The molecule has 1 aromatic heterocycles. The molecule has 0 fully saturated rings. The SMILES string of the molecule is N#Cc1ccccc1Cn1cnc(N)c1. The lowest BCUT2D eigenvalue weighted by molar-refractivity contribution is 0.795. The maximum Gasteiger partial charge on any atom is 0.141 e. The Bertz CT molecular complexity index is 507. The van der Waals surface area contributed by atoms with Crippen molar-refractivity contribution in [1.29, 1.82) is 5.26 Å². The van der Waals surface area contributed by atoms with E-state index >= 15 is 0 Å². The molecule has 0 atom stereocenters. The van der Waals surface area contributed by atoms with Crippen LogP contribution in [0, 0.1) is 11.3 Å². The first-order chi connectivity index (χ1) is 7.29. The van der Waals surface area contributed by atoms with Crippen LogP contribution in [0.2, 0.25) is 0 Å². The van der Waals surface area contributed by atoms with Crippen LogP contribution in [0.3, 0.4) is 0 Å². The van der Waals surface area contributed by atoms with Crippen LogP contribution in [0.15, 0.2) is 36.8 Å². The molecule has 0 spiro atoms. The summed E-state index contributed by atoms with van der Waals surface area (Å²) >= 11 is 0. The van der Waals surface area contributed by atoms with Crippen LogP contribution in [-0.4, -0.2) is 9.55 Å². The van der Waals surface area contributed by atoms with E-state index in [0.29, 0.717) is 17.9 Å². The third-order valence-electron chi connectivity index (χ3n) is 2.14. The number of benzene rings is 1. The summed E-state index contributed by atoms with van der Waals surface area (Å²) < 4.78 is 1.85. The molecule has 4 heteroatoms. The first-order valence-corrected chi connectivity index (χ1v) is 4.55. The predicted molar refractivity (Wildman–Crippen MR) is 56.9 cm³/mol. The van der Waals surface area contributed by atoms with E-state index in [1.165, 1.54) is 0 Å². The van der Waals surface area contributed by atoms with Gasteiger partial charge >= 0.3 is 0 Å².